The number of aromatic hydroxyl groups is 2. The van der Waals surface area contributed by atoms with Gasteiger partial charge in [0.1, 0.15) is 39.4 Å². The number of sulfonamides is 2. The number of aliphatic hydroxyl groups is 2. The normalized spacial score (nSPS) is 17.3. The Hall–Kier alpha value is -8.68. The summed E-state index contributed by atoms with van der Waals surface area (Å²) in [6.07, 6.45) is 1.24. The minimum atomic E-state index is -4.49. The molecule has 2 aliphatic heterocycles. The van der Waals surface area contributed by atoms with Crippen LogP contribution in [0, 0.1) is 82.9 Å². The quantitative estimate of drug-likeness (QED) is 0.00725. The fourth-order valence-corrected chi connectivity index (χ4v) is 14.9. The van der Waals surface area contributed by atoms with Crippen LogP contribution in [-0.2, 0) is 77.4 Å². The van der Waals surface area contributed by atoms with Crippen molar-refractivity contribution in [2.24, 2.45) is 69.0 Å². The van der Waals surface area contributed by atoms with E-state index in [0.717, 1.165) is 48.2 Å². The number of carboxylic acids is 2. The fraction of sp³-hybridized carbons (Fsp3) is 0.547. The number of aliphatic hydroxyl groups excluding tert-OH is 2. The molecule has 0 aliphatic carbocycles. The number of aliphatic carboxylic acids is 2. The molecule has 2 fully saturated rings. The molecule has 28 nitrogen and oxygen atoms in total. The van der Waals surface area contributed by atoms with Crippen LogP contribution in [-0.4, -0.2) is 161 Å². The van der Waals surface area contributed by atoms with E-state index in [0.29, 0.717) is 5.56 Å². The summed E-state index contributed by atoms with van der Waals surface area (Å²) in [7, 11) is -6.10. The molecule has 0 amide bonds. The molecule has 582 valence electrons. The van der Waals surface area contributed by atoms with Crippen molar-refractivity contribution in [3.8, 4) is 23.0 Å². The van der Waals surface area contributed by atoms with Crippen molar-refractivity contribution in [3.63, 3.8) is 0 Å². The molecular weight excluding hydrogens is 1410 g/mol. The second-order valence-corrected chi connectivity index (χ2v) is 32.1. The molecule has 0 spiro atoms. The molecule has 2 heterocycles. The van der Waals surface area contributed by atoms with E-state index in [-0.39, 0.29) is 107 Å². The highest BCUT2D eigenvalue weighted by atomic mass is 32.2. The molecule has 0 saturated carbocycles. The molecule has 2 saturated heterocycles. The number of benzene rings is 4. The number of aryl methyl sites for hydroxylation is 2. The zero-order valence-corrected chi connectivity index (χ0v) is 64.6. The maximum absolute atomic E-state index is 14.1. The van der Waals surface area contributed by atoms with E-state index in [1.54, 1.807) is 84.9 Å². The van der Waals surface area contributed by atoms with E-state index >= 15 is 0 Å². The number of ketones is 2. The number of carbonyl (C=O) groups is 10. The van der Waals surface area contributed by atoms with E-state index in [1.165, 1.54) is 54.0 Å². The molecule has 6 rings (SSSR count). The Bertz CT molecular complexity index is 3990. The van der Waals surface area contributed by atoms with Gasteiger partial charge in [-0.2, -0.15) is 0 Å². The Kier molecular flexibility index (Phi) is 33.2. The van der Waals surface area contributed by atoms with Gasteiger partial charge in [0.2, 0.25) is 20.0 Å². The predicted octanol–water partition coefficient (Wildman–Crippen LogP) is 8.92. The third-order valence-corrected chi connectivity index (χ3v) is 22.0. The Morgan fingerprint density at radius 1 is 0.552 bits per heavy atom. The fourth-order valence-electron chi connectivity index (χ4n) is 12.5. The molecule has 105 heavy (non-hydrogen) atoms. The van der Waals surface area contributed by atoms with Gasteiger partial charge in [-0.15, -0.1) is 0 Å². The van der Waals surface area contributed by atoms with Crippen LogP contribution in [0.4, 0.5) is 0 Å². The van der Waals surface area contributed by atoms with Gasteiger partial charge in [-0.05, 0) is 80.8 Å². The number of hydrogen-bond donors (Lipinski definition) is 8. The van der Waals surface area contributed by atoms with E-state index in [9.17, 15) is 85.2 Å². The number of ether oxygens (including phenoxy) is 6. The van der Waals surface area contributed by atoms with E-state index < -0.39 is 149 Å². The number of phenols is 2. The third-order valence-electron chi connectivity index (χ3n) is 19.0. The zero-order chi connectivity index (χ0) is 80.2. The van der Waals surface area contributed by atoms with Crippen molar-refractivity contribution in [2.75, 3.05) is 53.7 Å². The van der Waals surface area contributed by atoms with Gasteiger partial charge in [-0.3, -0.25) is 47.9 Å². The minimum Gasteiger partial charge on any atom is -0.507 e. The SMILES string of the molecule is CCC(C)(C)CC1C(=O)OC(=O)C1C.CCO.CCOC(=O)C(C(CC(C)(C)C1C(=O)OC(=O)C1C)C(=O)O)C(C)(C)CC(C(=O)O)C(C(=O)OCCNS(=O)(=O)c1cc(C(=O)c2ccc(C)cc2)c(O)cc1OC)C(C)(C)CC.COc1cc(O)c(C(=O)c2ccc(C)cc2)cc1S(=O)(=O)NCCO. The Morgan fingerprint density at radius 3 is 1.31 bits per heavy atom. The van der Waals surface area contributed by atoms with Crippen molar-refractivity contribution in [3.05, 3.63) is 106 Å². The lowest BCUT2D eigenvalue weighted by molar-refractivity contribution is -0.171. The first-order valence-electron chi connectivity index (χ1n) is 34.2. The summed E-state index contributed by atoms with van der Waals surface area (Å²) < 4.78 is 86.8. The van der Waals surface area contributed by atoms with Gasteiger partial charge in [0.15, 0.2) is 11.6 Å². The molecule has 8 N–H and O–H groups in total. The number of methoxy groups -OCH3 is 2. The number of nitrogens with one attached hydrogen (secondary N) is 2. The Labute approximate surface area is 614 Å². The molecule has 0 bridgehead atoms. The maximum Gasteiger partial charge on any atom is 0.318 e. The molecule has 30 heteroatoms. The maximum atomic E-state index is 14.1. The lowest BCUT2D eigenvalue weighted by Crippen LogP contribution is -2.48. The van der Waals surface area contributed by atoms with Crippen molar-refractivity contribution >= 4 is 79.4 Å². The van der Waals surface area contributed by atoms with Crippen LogP contribution in [0.5, 0.6) is 23.0 Å². The van der Waals surface area contributed by atoms with Crippen LogP contribution in [0.25, 0.3) is 0 Å². The number of carboxylic acid groups (broad SMARTS) is 2. The molecular formula is C75H104N2O26S2. The number of hydrogen-bond acceptors (Lipinski definition) is 24. The summed E-state index contributed by atoms with van der Waals surface area (Å²) >= 11 is 0. The van der Waals surface area contributed by atoms with Gasteiger partial charge >= 0.3 is 47.8 Å². The highest BCUT2D eigenvalue weighted by Crippen LogP contribution is 2.51. The van der Waals surface area contributed by atoms with Crippen LogP contribution < -0.4 is 18.9 Å². The molecule has 0 radical (unpaired) electrons. The minimum absolute atomic E-state index is 0.0998. The molecule has 4 aromatic carbocycles. The number of esters is 6. The summed E-state index contributed by atoms with van der Waals surface area (Å²) in [5.41, 5.74) is -1.81. The lowest BCUT2D eigenvalue weighted by atomic mass is 9.59. The predicted molar refractivity (Wildman–Crippen MR) is 383 cm³/mol. The number of cyclic esters (lactones) is 4. The average Bonchev–Trinajstić information content (AvgIpc) is 1.73. The standard InChI is InChI=1S/C45H61NO16S.C17H19NO6S.C11H18O3.C2H6O/c1-12-43(5,6)34(41(55)61-19-18-46-63(57,58)32-20-27(30(47)21-31(32)59-11)36(48)26-16-14-24(3)15-17-26)28(37(49)50)23-45(9,10)35(40(54)60-13-2)29(38(51)52)22-44(7,8)33-25(4)39(53)62-42(33)56;1-11-3-5-12(6-4-11)17(21)13-9-16(15(24-2)10-14(13)20)25(22,23)18-7-8-19;1-5-11(3,4)6-8-7(2)9(12)14-10(8)13;1-2-3/h14-17,20-21,25,28-29,33-35,46-47H,12-13,18-19,22-23H2,1-11H3,(H,49,50)(H,51,52);3-6,9-10,18-20H,7-8H2,1-2H3;7-8H,5-6H2,1-4H3;3H,2H2,1H3. The monoisotopic (exact) mass is 1510 g/mol. The average molecular weight is 1510 g/mol. The number of rotatable bonds is 33. The number of carbonyl (C=O) groups excluding carboxylic acids is 8. The highest BCUT2D eigenvalue weighted by molar-refractivity contribution is 7.90. The van der Waals surface area contributed by atoms with Gasteiger partial charge in [0.05, 0.1) is 85.9 Å². The van der Waals surface area contributed by atoms with Crippen molar-refractivity contribution in [1.29, 1.82) is 0 Å². The molecule has 8 atom stereocenters. The van der Waals surface area contributed by atoms with Gasteiger partial charge in [0, 0.05) is 43.0 Å². The summed E-state index contributed by atoms with van der Waals surface area (Å²) in [6.45, 7) is 26.1. The first kappa shape index (κ1) is 90.5. The second kappa shape index (κ2) is 38.5. The molecule has 2 aliphatic rings. The summed E-state index contributed by atoms with van der Waals surface area (Å²) in [5, 5.41) is 58.5. The molecule has 4 aromatic rings. The third kappa shape index (κ3) is 23.9. The smallest absolute Gasteiger partial charge is 0.318 e. The van der Waals surface area contributed by atoms with Crippen LogP contribution in [0.3, 0.4) is 0 Å². The van der Waals surface area contributed by atoms with Crippen LogP contribution in [0.1, 0.15) is 172 Å². The highest BCUT2D eigenvalue weighted by Gasteiger charge is 2.56. The summed E-state index contributed by atoms with van der Waals surface area (Å²) in [6, 6.07) is 17.2. The van der Waals surface area contributed by atoms with Gasteiger partial charge in [-0.1, -0.05) is 156 Å². The largest absolute Gasteiger partial charge is 0.507 e. The van der Waals surface area contributed by atoms with E-state index in [1.807, 2.05) is 13.8 Å². The molecule has 0 aromatic heterocycles. The Morgan fingerprint density at radius 2 is 0.952 bits per heavy atom. The summed E-state index contributed by atoms with van der Waals surface area (Å²) in [5.74, 6) is -18.1. The van der Waals surface area contributed by atoms with Crippen molar-refractivity contribution < 1.29 is 124 Å². The van der Waals surface area contributed by atoms with E-state index in [2.05, 4.69) is 35.0 Å². The second-order valence-electron chi connectivity index (χ2n) is 28.6. The van der Waals surface area contributed by atoms with Crippen molar-refractivity contribution in [1.82, 2.24) is 9.44 Å². The zero-order valence-electron chi connectivity index (χ0n) is 63.0. The summed E-state index contributed by atoms with van der Waals surface area (Å²) in [4.78, 5) is 127. The van der Waals surface area contributed by atoms with Crippen LogP contribution in [0.2, 0.25) is 0 Å². The topological polar surface area (TPSA) is 440 Å². The van der Waals surface area contributed by atoms with Gasteiger partial charge in [0.25, 0.3) is 0 Å². The van der Waals surface area contributed by atoms with Gasteiger partial charge < -0.3 is 59.1 Å². The lowest BCUT2D eigenvalue weighted by Gasteiger charge is -2.43. The van der Waals surface area contributed by atoms with E-state index in [4.69, 9.17) is 33.9 Å². The van der Waals surface area contributed by atoms with Gasteiger partial charge in [-0.25, -0.2) is 26.3 Å². The molecule has 8 unspecified atom stereocenters. The van der Waals surface area contributed by atoms with Crippen LogP contribution in [0.15, 0.2) is 82.6 Å². The van der Waals surface area contributed by atoms with Crippen molar-refractivity contribution in [2.45, 2.75) is 153 Å². The number of phenolic OH excluding ortho intramolecular Hbond substituents is 2. The Balaban J connectivity index is 0.000000547. The van der Waals surface area contributed by atoms with Crippen LogP contribution >= 0.6 is 0 Å². The first-order valence-corrected chi connectivity index (χ1v) is 37.2. The first-order chi connectivity index (χ1) is 48.7.